The first-order chi connectivity index (χ1) is 8.60. The number of carbonyl (C=O) groups is 1. The Morgan fingerprint density at radius 2 is 2.16 bits per heavy atom. The van der Waals surface area contributed by atoms with Gasteiger partial charge < -0.3 is 11.1 Å². The normalized spacial score (nSPS) is 16.9. The zero-order chi connectivity index (χ0) is 14.8. The van der Waals surface area contributed by atoms with Crippen LogP contribution in [0.15, 0.2) is 12.3 Å². The molecule has 0 bridgehead atoms. The average Bonchev–Trinajstić information content (AvgIpc) is 2.77. The molecule has 1 rings (SSSR count). The molecule has 3 N–H and O–H groups in total. The van der Waals surface area contributed by atoms with Crippen molar-refractivity contribution in [2.75, 3.05) is 7.05 Å². The molecule has 5 nitrogen and oxygen atoms in total. The molecule has 0 saturated heterocycles. The van der Waals surface area contributed by atoms with Crippen LogP contribution >= 0.6 is 0 Å². The highest BCUT2D eigenvalue weighted by Crippen LogP contribution is 2.28. The number of hydrogen-bond donors (Lipinski definition) is 2. The molecule has 2 atom stereocenters. The van der Waals surface area contributed by atoms with Crippen LogP contribution in [0, 0.1) is 0 Å². The Kier molecular flexibility index (Phi) is 4.24. The second kappa shape index (κ2) is 5.20. The van der Waals surface area contributed by atoms with Gasteiger partial charge in [0.1, 0.15) is 0 Å². The zero-order valence-electron chi connectivity index (χ0n) is 11.0. The molecule has 2 unspecified atom stereocenters. The molecule has 108 valence electrons. The van der Waals surface area contributed by atoms with E-state index >= 15 is 0 Å². The van der Waals surface area contributed by atoms with Crippen molar-refractivity contribution in [3.63, 3.8) is 0 Å². The van der Waals surface area contributed by atoms with E-state index in [1.807, 2.05) is 0 Å². The predicted octanol–water partition coefficient (Wildman–Crippen LogP) is 1.32. The molecule has 0 radical (unpaired) electrons. The number of halogens is 3. The van der Waals surface area contributed by atoms with Crippen molar-refractivity contribution in [1.29, 1.82) is 0 Å². The predicted molar refractivity (Wildman–Crippen MR) is 63.2 cm³/mol. The molecule has 1 heterocycles. The van der Waals surface area contributed by atoms with Gasteiger partial charge >= 0.3 is 6.18 Å². The molecule has 0 aliphatic carbocycles. The maximum absolute atomic E-state index is 12.4. The van der Waals surface area contributed by atoms with Crippen molar-refractivity contribution >= 4 is 5.91 Å². The van der Waals surface area contributed by atoms with Gasteiger partial charge in [0, 0.05) is 6.20 Å². The first kappa shape index (κ1) is 15.5. The average molecular weight is 278 g/mol. The molecule has 8 heteroatoms. The minimum Gasteiger partial charge on any atom is -0.368 e. The van der Waals surface area contributed by atoms with Crippen molar-refractivity contribution in [2.45, 2.75) is 38.0 Å². The second-order valence-electron chi connectivity index (χ2n) is 4.68. The van der Waals surface area contributed by atoms with Crippen LogP contribution < -0.4 is 11.1 Å². The maximum Gasteiger partial charge on any atom is 0.435 e. The molecule has 0 spiro atoms. The van der Waals surface area contributed by atoms with Crippen molar-refractivity contribution in [3.05, 3.63) is 18.0 Å². The lowest BCUT2D eigenvalue weighted by Crippen LogP contribution is -2.52. The van der Waals surface area contributed by atoms with E-state index in [-0.39, 0.29) is 6.42 Å². The van der Waals surface area contributed by atoms with Gasteiger partial charge in [-0.2, -0.15) is 18.3 Å². The Morgan fingerprint density at radius 1 is 1.58 bits per heavy atom. The van der Waals surface area contributed by atoms with Crippen LogP contribution in [0.3, 0.4) is 0 Å². The molecule has 19 heavy (non-hydrogen) atoms. The van der Waals surface area contributed by atoms with Gasteiger partial charge in [0.15, 0.2) is 5.69 Å². The Labute approximate surface area is 109 Å². The number of nitrogens with two attached hydrogens (primary N) is 1. The molecular weight excluding hydrogens is 261 g/mol. The van der Waals surface area contributed by atoms with E-state index in [0.29, 0.717) is 0 Å². The fourth-order valence-electron chi connectivity index (χ4n) is 1.74. The summed E-state index contributed by atoms with van der Waals surface area (Å²) in [7, 11) is 1.57. The lowest BCUT2D eigenvalue weighted by atomic mass is 9.93. The molecule has 1 aromatic heterocycles. The van der Waals surface area contributed by atoms with Gasteiger partial charge in [-0.3, -0.25) is 9.48 Å². The second-order valence-corrected chi connectivity index (χ2v) is 4.68. The van der Waals surface area contributed by atoms with Crippen LogP contribution in [0.1, 0.15) is 32.0 Å². The van der Waals surface area contributed by atoms with E-state index in [1.54, 1.807) is 20.9 Å². The van der Waals surface area contributed by atoms with Gasteiger partial charge in [0.2, 0.25) is 5.91 Å². The van der Waals surface area contributed by atoms with Gasteiger partial charge in [-0.1, -0.05) is 0 Å². The minimum absolute atomic E-state index is 0.234. The summed E-state index contributed by atoms with van der Waals surface area (Å²) in [6.07, 6.45) is -3.00. The summed E-state index contributed by atoms with van der Waals surface area (Å²) in [6.45, 7) is 3.27. The van der Waals surface area contributed by atoms with Gasteiger partial charge in [0.25, 0.3) is 0 Å². The third kappa shape index (κ3) is 3.46. The van der Waals surface area contributed by atoms with Crippen molar-refractivity contribution in [2.24, 2.45) is 5.73 Å². The zero-order valence-corrected chi connectivity index (χ0v) is 11.0. The number of rotatable bonds is 5. The number of primary amides is 1. The topological polar surface area (TPSA) is 72.9 Å². The summed E-state index contributed by atoms with van der Waals surface area (Å²) in [5, 5.41) is 6.25. The molecule has 0 saturated carbocycles. The Bertz CT molecular complexity index is 457. The largest absolute Gasteiger partial charge is 0.435 e. The quantitative estimate of drug-likeness (QED) is 0.853. The first-order valence-electron chi connectivity index (χ1n) is 5.71. The van der Waals surface area contributed by atoms with Gasteiger partial charge in [0.05, 0.1) is 11.6 Å². The standard InChI is InChI=1S/C11H17F3N4O/c1-7(6-10(2,16-3)9(15)19)18-5-4-8(17-18)11(12,13)14/h4-5,7,16H,6H2,1-3H3,(H2,15,19). The number of aromatic nitrogens is 2. The summed E-state index contributed by atoms with van der Waals surface area (Å²) >= 11 is 0. The monoisotopic (exact) mass is 278 g/mol. The fraction of sp³-hybridized carbons (Fsp3) is 0.636. The molecule has 0 aliphatic heterocycles. The summed E-state index contributed by atoms with van der Waals surface area (Å²) in [5.41, 5.74) is 3.32. The number of amides is 1. The van der Waals surface area contributed by atoms with Gasteiger partial charge in [-0.25, -0.2) is 0 Å². The first-order valence-corrected chi connectivity index (χ1v) is 5.71. The van der Waals surface area contributed by atoms with E-state index < -0.39 is 29.4 Å². The van der Waals surface area contributed by atoms with E-state index in [4.69, 9.17) is 5.73 Å². The van der Waals surface area contributed by atoms with Crippen LogP contribution in [-0.4, -0.2) is 28.3 Å². The fourth-order valence-corrected chi connectivity index (χ4v) is 1.74. The lowest BCUT2D eigenvalue weighted by Gasteiger charge is -2.28. The summed E-state index contributed by atoms with van der Waals surface area (Å²) in [5.74, 6) is -0.565. The van der Waals surface area contributed by atoms with Gasteiger partial charge in [-0.15, -0.1) is 0 Å². The SMILES string of the molecule is CNC(C)(CC(C)n1ccc(C(F)(F)F)n1)C(N)=O. The number of nitrogens with one attached hydrogen (secondary N) is 1. The van der Waals surface area contributed by atoms with E-state index in [0.717, 1.165) is 6.07 Å². The van der Waals surface area contributed by atoms with Crippen molar-refractivity contribution < 1.29 is 18.0 Å². The lowest BCUT2D eigenvalue weighted by molar-refractivity contribution is -0.141. The maximum atomic E-state index is 12.4. The smallest absolute Gasteiger partial charge is 0.368 e. The molecular formula is C11H17F3N4O. The molecule has 1 amide bonds. The van der Waals surface area contributed by atoms with Crippen molar-refractivity contribution in [1.82, 2.24) is 15.1 Å². The van der Waals surface area contributed by atoms with Crippen molar-refractivity contribution in [3.8, 4) is 0 Å². The highest BCUT2D eigenvalue weighted by Gasteiger charge is 2.35. The third-order valence-corrected chi connectivity index (χ3v) is 3.15. The minimum atomic E-state index is -4.47. The van der Waals surface area contributed by atoms with Crippen LogP contribution in [0.2, 0.25) is 0 Å². The molecule has 0 fully saturated rings. The Hall–Kier alpha value is -1.57. The van der Waals surface area contributed by atoms with Crippen LogP contribution in [0.4, 0.5) is 13.2 Å². The number of likely N-dealkylation sites (N-methyl/N-ethyl adjacent to an activating group) is 1. The molecule has 1 aromatic rings. The highest BCUT2D eigenvalue weighted by atomic mass is 19.4. The van der Waals surface area contributed by atoms with Gasteiger partial charge in [-0.05, 0) is 33.4 Å². The highest BCUT2D eigenvalue weighted by molar-refractivity contribution is 5.84. The summed E-state index contributed by atoms with van der Waals surface area (Å²) < 4.78 is 38.5. The van der Waals surface area contributed by atoms with Crippen LogP contribution in [-0.2, 0) is 11.0 Å². The third-order valence-electron chi connectivity index (χ3n) is 3.15. The number of nitrogens with zero attached hydrogens (tertiary/aromatic N) is 2. The summed E-state index contributed by atoms with van der Waals surface area (Å²) in [4.78, 5) is 11.3. The number of alkyl halides is 3. The van der Waals surface area contributed by atoms with E-state index in [2.05, 4.69) is 10.4 Å². The molecule has 0 aliphatic rings. The van der Waals surface area contributed by atoms with Crippen LogP contribution in [0.5, 0.6) is 0 Å². The molecule has 0 aromatic carbocycles. The van der Waals surface area contributed by atoms with E-state index in [1.165, 1.54) is 10.9 Å². The van der Waals surface area contributed by atoms with E-state index in [9.17, 15) is 18.0 Å². The van der Waals surface area contributed by atoms with Crippen LogP contribution in [0.25, 0.3) is 0 Å². The Morgan fingerprint density at radius 3 is 2.53 bits per heavy atom. The number of carbonyl (C=O) groups excluding carboxylic acids is 1. The number of hydrogen-bond acceptors (Lipinski definition) is 3. The Balaban J connectivity index is 2.87. The summed E-state index contributed by atoms with van der Waals surface area (Å²) in [6, 6.07) is 0.498.